The lowest BCUT2D eigenvalue weighted by Crippen LogP contribution is -2.20. The number of aryl methyl sites for hydroxylation is 1. The summed E-state index contributed by atoms with van der Waals surface area (Å²) in [5.41, 5.74) is 3.71. The zero-order valence-corrected chi connectivity index (χ0v) is 14.8. The molecule has 8 nitrogen and oxygen atoms in total. The molecule has 0 spiro atoms. The first kappa shape index (κ1) is 18.5. The lowest BCUT2D eigenvalue weighted by Gasteiger charge is -2.05. The molecule has 9 heteroatoms. The van der Waals surface area contributed by atoms with Gasteiger partial charge in [0.2, 0.25) is 0 Å². The van der Waals surface area contributed by atoms with Gasteiger partial charge in [-0.1, -0.05) is 17.8 Å². The SMILES string of the molecule is COc1cccc(/C=N/NC(=O)CSc2nc(C)c(C)c(=O)[nH]2)c1O. The Kier molecular flexibility index (Phi) is 6.18. The summed E-state index contributed by atoms with van der Waals surface area (Å²) in [6.07, 6.45) is 1.32. The number of aromatic amines is 1. The molecule has 0 unspecified atom stereocenters. The fourth-order valence-corrected chi connectivity index (χ4v) is 2.53. The van der Waals surface area contributed by atoms with E-state index >= 15 is 0 Å². The molecule has 0 aliphatic rings. The van der Waals surface area contributed by atoms with Crippen LogP contribution < -0.4 is 15.7 Å². The Morgan fingerprint density at radius 3 is 2.92 bits per heavy atom. The fraction of sp³-hybridized carbons (Fsp3) is 0.250. The number of nitrogens with zero attached hydrogens (tertiary/aromatic N) is 2. The molecular weight excluding hydrogens is 344 g/mol. The Balaban J connectivity index is 1.92. The zero-order chi connectivity index (χ0) is 18.4. The van der Waals surface area contributed by atoms with Gasteiger partial charge in [0, 0.05) is 16.8 Å². The number of aromatic nitrogens is 2. The van der Waals surface area contributed by atoms with E-state index in [-0.39, 0.29) is 23.0 Å². The van der Waals surface area contributed by atoms with E-state index in [4.69, 9.17) is 4.74 Å². The normalized spacial score (nSPS) is 10.8. The second kappa shape index (κ2) is 8.34. The number of benzene rings is 1. The summed E-state index contributed by atoms with van der Waals surface area (Å²) in [6.45, 7) is 3.42. The molecule has 1 heterocycles. The minimum atomic E-state index is -0.371. The maximum absolute atomic E-state index is 11.8. The highest BCUT2D eigenvalue weighted by Gasteiger charge is 2.08. The number of hydrazone groups is 1. The minimum Gasteiger partial charge on any atom is -0.504 e. The Labute approximate surface area is 148 Å². The van der Waals surface area contributed by atoms with Crippen molar-refractivity contribution in [2.24, 2.45) is 5.10 Å². The number of hydrogen-bond donors (Lipinski definition) is 3. The number of amides is 1. The number of aromatic hydroxyl groups is 1. The molecule has 1 amide bonds. The van der Waals surface area contributed by atoms with Crippen molar-refractivity contribution in [1.82, 2.24) is 15.4 Å². The van der Waals surface area contributed by atoms with Crippen molar-refractivity contribution in [3.63, 3.8) is 0 Å². The maximum atomic E-state index is 11.8. The van der Waals surface area contributed by atoms with E-state index in [1.165, 1.54) is 13.3 Å². The van der Waals surface area contributed by atoms with Crippen molar-refractivity contribution in [2.45, 2.75) is 19.0 Å². The van der Waals surface area contributed by atoms with Gasteiger partial charge in [-0.15, -0.1) is 0 Å². The quantitative estimate of drug-likeness (QED) is 0.309. The van der Waals surface area contributed by atoms with Crippen molar-refractivity contribution in [3.05, 3.63) is 45.4 Å². The molecule has 2 rings (SSSR count). The van der Waals surface area contributed by atoms with Gasteiger partial charge < -0.3 is 14.8 Å². The van der Waals surface area contributed by atoms with Gasteiger partial charge in [0.25, 0.3) is 11.5 Å². The van der Waals surface area contributed by atoms with Crippen LogP contribution in [-0.2, 0) is 4.79 Å². The van der Waals surface area contributed by atoms with Crippen LogP contribution >= 0.6 is 11.8 Å². The van der Waals surface area contributed by atoms with Crippen molar-refractivity contribution < 1.29 is 14.6 Å². The van der Waals surface area contributed by atoms with Crippen LogP contribution in [0.15, 0.2) is 33.3 Å². The van der Waals surface area contributed by atoms with Crippen LogP contribution in [0, 0.1) is 13.8 Å². The van der Waals surface area contributed by atoms with E-state index in [0.717, 1.165) is 11.8 Å². The van der Waals surface area contributed by atoms with Gasteiger partial charge in [0.05, 0.1) is 19.1 Å². The van der Waals surface area contributed by atoms with Crippen molar-refractivity contribution in [3.8, 4) is 11.5 Å². The summed E-state index contributed by atoms with van der Waals surface area (Å²) < 4.78 is 4.99. The molecule has 1 aromatic heterocycles. The number of phenolic OH excluding ortho intramolecular Hbond substituents is 1. The number of nitrogens with one attached hydrogen (secondary N) is 2. The predicted octanol–water partition coefficient (Wildman–Crippen LogP) is 1.34. The van der Waals surface area contributed by atoms with Crippen LogP contribution in [0.1, 0.15) is 16.8 Å². The first-order valence-corrected chi connectivity index (χ1v) is 8.29. The molecule has 0 aliphatic heterocycles. The Morgan fingerprint density at radius 1 is 1.48 bits per heavy atom. The van der Waals surface area contributed by atoms with E-state index in [0.29, 0.717) is 27.7 Å². The summed E-state index contributed by atoms with van der Waals surface area (Å²) in [6, 6.07) is 4.94. The molecule has 0 radical (unpaired) electrons. The Hall–Kier alpha value is -2.81. The Morgan fingerprint density at radius 2 is 2.24 bits per heavy atom. The number of thioether (sulfide) groups is 1. The molecular formula is C16H18N4O4S. The van der Waals surface area contributed by atoms with Crippen LogP contribution in [0.3, 0.4) is 0 Å². The molecule has 0 saturated heterocycles. The van der Waals surface area contributed by atoms with Gasteiger partial charge >= 0.3 is 0 Å². The lowest BCUT2D eigenvalue weighted by molar-refractivity contribution is -0.118. The molecule has 0 fully saturated rings. The summed E-state index contributed by atoms with van der Waals surface area (Å²) in [5.74, 6) is -0.0817. The van der Waals surface area contributed by atoms with Crippen molar-refractivity contribution in [2.75, 3.05) is 12.9 Å². The Bertz CT molecular complexity index is 864. The van der Waals surface area contributed by atoms with Gasteiger partial charge in [-0.2, -0.15) is 5.10 Å². The van der Waals surface area contributed by atoms with Gasteiger partial charge in [0.1, 0.15) is 0 Å². The molecule has 0 aliphatic carbocycles. The number of hydrogen-bond acceptors (Lipinski definition) is 7. The van der Waals surface area contributed by atoms with Crippen LogP contribution in [0.4, 0.5) is 0 Å². The number of carbonyl (C=O) groups excluding carboxylic acids is 1. The number of para-hydroxylation sites is 1. The third-order valence-corrected chi connectivity index (χ3v) is 4.23. The first-order chi connectivity index (χ1) is 11.9. The summed E-state index contributed by atoms with van der Waals surface area (Å²) in [7, 11) is 1.44. The molecule has 0 bridgehead atoms. The third kappa shape index (κ3) is 4.83. The summed E-state index contributed by atoms with van der Waals surface area (Å²) >= 11 is 1.10. The monoisotopic (exact) mass is 362 g/mol. The topological polar surface area (TPSA) is 117 Å². The average molecular weight is 362 g/mol. The fourth-order valence-electron chi connectivity index (χ4n) is 1.84. The number of phenols is 1. The predicted molar refractivity (Wildman–Crippen MR) is 95.5 cm³/mol. The largest absolute Gasteiger partial charge is 0.504 e. The van der Waals surface area contributed by atoms with Gasteiger partial charge in [-0.05, 0) is 26.0 Å². The molecule has 25 heavy (non-hydrogen) atoms. The number of H-pyrrole nitrogens is 1. The second-order valence-corrected chi connectivity index (χ2v) is 6.03. The average Bonchev–Trinajstić information content (AvgIpc) is 2.59. The molecule has 132 valence electrons. The molecule has 1 aromatic carbocycles. The minimum absolute atomic E-state index is 0.0346. The molecule has 0 atom stereocenters. The van der Waals surface area contributed by atoms with Crippen LogP contribution in [0.5, 0.6) is 11.5 Å². The molecule has 3 N–H and O–H groups in total. The highest BCUT2D eigenvalue weighted by Crippen LogP contribution is 2.27. The van der Waals surface area contributed by atoms with Gasteiger partial charge in [-0.25, -0.2) is 10.4 Å². The van der Waals surface area contributed by atoms with Gasteiger partial charge in [0.15, 0.2) is 16.7 Å². The highest BCUT2D eigenvalue weighted by atomic mass is 32.2. The van der Waals surface area contributed by atoms with E-state index in [2.05, 4.69) is 20.5 Å². The smallest absolute Gasteiger partial charge is 0.254 e. The van der Waals surface area contributed by atoms with Crippen molar-refractivity contribution in [1.29, 1.82) is 0 Å². The second-order valence-electron chi connectivity index (χ2n) is 5.06. The van der Waals surface area contributed by atoms with Crippen LogP contribution in [0.2, 0.25) is 0 Å². The van der Waals surface area contributed by atoms with Crippen LogP contribution in [0.25, 0.3) is 0 Å². The van der Waals surface area contributed by atoms with Gasteiger partial charge in [-0.3, -0.25) is 9.59 Å². The van der Waals surface area contributed by atoms with Crippen LogP contribution in [-0.4, -0.2) is 40.1 Å². The number of carbonyl (C=O) groups is 1. The van der Waals surface area contributed by atoms with Crippen molar-refractivity contribution >= 4 is 23.9 Å². The van der Waals surface area contributed by atoms with E-state index in [9.17, 15) is 14.7 Å². The standard InChI is InChI=1S/C16H18N4O4S/c1-9-10(2)18-16(19-15(9)23)25-8-13(21)20-17-7-11-5-4-6-12(24-3)14(11)22/h4-7,22H,8H2,1-3H3,(H,20,21)(H,18,19,23)/b17-7+. The first-order valence-electron chi connectivity index (χ1n) is 7.30. The number of rotatable bonds is 6. The number of ether oxygens (including phenoxy) is 1. The highest BCUT2D eigenvalue weighted by molar-refractivity contribution is 7.99. The van der Waals surface area contributed by atoms with E-state index < -0.39 is 0 Å². The third-order valence-electron chi connectivity index (χ3n) is 3.36. The summed E-state index contributed by atoms with van der Waals surface area (Å²) in [5, 5.41) is 14.1. The molecule has 0 saturated carbocycles. The maximum Gasteiger partial charge on any atom is 0.254 e. The summed E-state index contributed by atoms with van der Waals surface area (Å²) in [4.78, 5) is 30.3. The van der Waals surface area contributed by atoms with E-state index in [1.807, 2.05) is 0 Å². The number of methoxy groups -OCH3 is 1. The zero-order valence-electron chi connectivity index (χ0n) is 14.0. The lowest BCUT2D eigenvalue weighted by atomic mass is 10.2. The van der Waals surface area contributed by atoms with E-state index in [1.54, 1.807) is 32.0 Å². The molecule has 2 aromatic rings.